The Bertz CT molecular complexity index is 949. The van der Waals surface area contributed by atoms with E-state index in [-0.39, 0.29) is 24.1 Å². The highest BCUT2D eigenvalue weighted by molar-refractivity contribution is 6.42. The molecule has 0 saturated heterocycles. The number of hydrogen-bond acceptors (Lipinski definition) is 5. The van der Waals surface area contributed by atoms with Crippen LogP contribution in [0.2, 0.25) is 10.0 Å². The van der Waals surface area contributed by atoms with Crippen molar-refractivity contribution in [2.24, 2.45) is 5.16 Å². The third-order valence-corrected chi connectivity index (χ3v) is 5.66. The molecule has 0 unspecified atom stereocenters. The van der Waals surface area contributed by atoms with E-state index in [4.69, 9.17) is 32.8 Å². The zero-order valence-corrected chi connectivity index (χ0v) is 20.0. The molecule has 0 amide bonds. The van der Waals surface area contributed by atoms with Gasteiger partial charge in [-0.15, -0.1) is 0 Å². The van der Waals surface area contributed by atoms with Crippen molar-refractivity contribution in [2.75, 3.05) is 19.7 Å². The van der Waals surface area contributed by atoms with Gasteiger partial charge in [0.15, 0.2) is 0 Å². The second-order valence-corrected chi connectivity index (χ2v) is 9.81. The Kier molecular flexibility index (Phi) is 8.53. The maximum atomic E-state index is 13.7. The van der Waals surface area contributed by atoms with Crippen LogP contribution in [0.5, 0.6) is 0 Å². The molecular formula is C24H29Cl2FN2O3. The van der Waals surface area contributed by atoms with E-state index in [2.05, 4.69) is 5.16 Å². The van der Waals surface area contributed by atoms with Crippen LogP contribution in [0.1, 0.15) is 38.3 Å². The van der Waals surface area contributed by atoms with Gasteiger partial charge in [0.2, 0.25) is 0 Å². The molecule has 0 fully saturated rings. The fraction of sp³-hybridized carbons (Fsp3) is 0.458. The van der Waals surface area contributed by atoms with Crippen LogP contribution in [-0.2, 0) is 16.1 Å². The molecule has 0 aromatic heterocycles. The number of nitrogens with zero attached hydrogens (tertiary/aromatic N) is 2. The molecule has 32 heavy (non-hydrogen) atoms. The second kappa shape index (κ2) is 10.9. The standard InChI is InChI=1S/C24H29Cl2FN2O3/c1-24(2,3)31-15-19(30)13-29(12-16-5-4-6-18(27)9-16)14-20-11-23(28-32-20)17-7-8-21(25)22(26)10-17/h4-10,19-20,30H,11-15H2,1-3H3/t19-,20+/m1/s1. The van der Waals surface area contributed by atoms with Crippen LogP contribution in [0.4, 0.5) is 4.39 Å². The minimum atomic E-state index is -0.695. The topological polar surface area (TPSA) is 54.3 Å². The summed E-state index contributed by atoms with van der Waals surface area (Å²) in [5.74, 6) is -0.290. The quantitative estimate of drug-likeness (QED) is 0.526. The van der Waals surface area contributed by atoms with Gasteiger partial charge < -0.3 is 14.7 Å². The number of aliphatic hydroxyl groups is 1. The number of hydrogen-bond donors (Lipinski definition) is 1. The van der Waals surface area contributed by atoms with Crippen LogP contribution in [0.3, 0.4) is 0 Å². The van der Waals surface area contributed by atoms with Crippen molar-refractivity contribution < 1.29 is 19.1 Å². The molecule has 0 aliphatic carbocycles. The Labute approximate surface area is 198 Å². The molecule has 8 heteroatoms. The normalized spacial score (nSPS) is 17.4. The van der Waals surface area contributed by atoms with E-state index < -0.39 is 6.10 Å². The fourth-order valence-electron chi connectivity index (χ4n) is 3.45. The maximum Gasteiger partial charge on any atom is 0.145 e. The summed E-state index contributed by atoms with van der Waals surface area (Å²) in [4.78, 5) is 7.69. The molecule has 2 atom stereocenters. The fourth-order valence-corrected chi connectivity index (χ4v) is 3.75. The Morgan fingerprint density at radius 1 is 1.22 bits per heavy atom. The van der Waals surface area contributed by atoms with Gasteiger partial charge in [-0.3, -0.25) is 4.90 Å². The van der Waals surface area contributed by atoms with Gasteiger partial charge in [0.1, 0.15) is 11.9 Å². The summed E-state index contributed by atoms with van der Waals surface area (Å²) in [7, 11) is 0. The van der Waals surface area contributed by atoms with Crippen molar-refractivity contribution in [2.45, 2.75) is 51.5 Å². The van der Waals surface area contributed by atoms with Crippen LogP contribution < -0.4 is 0 Å². The molecule has 0 saturated carbocycles. The molecule has 1 aliphatic rings. The molecule has 0 spiro atoms. The zero-order valence-electron chi connectivity index (χ0n) is 18.5. The van der Waals surface area contributed by atoms with Crippen molar-refractivity contribution in [1.82, 2.24) is 4.90 Å². The van der Waals surface area contributed by atoms with E-state index in [1.165, 1.54) is 12.1 Å². The number of ether oxygens (including phenoxy) is 1. The van der Waals surface area contributed by atoms with Crippen molar-refractivity contribution in [3.63, 3.8) is 0 Å². The SMILES string of the molecule is CC(C)(C)OC[C@H](O)CN(Cc1cccc(F)c1)C[C@@H]1CC(c2ccc(Cl)c(Cl)c2)=NO1. The van der Waals surface area contributed by atoms with E-state index >= 15 is 0 Å². The minimum absolute atomic E-state index is 0.205. The second-order valence-electron chi connectivity index (χ2n) is 9.00. The van der Waals surface area contributed by atoms with Crippen molar-refractivity contribution in [1.29, 1.82) is 0 Å². The summed E-state index contributed by atoms with van der Waals surface area (Å²) >= 11 is 12.1. The lowest BCUT2D eigenvalue weighted by molar-refractivity contribution is -0.0600. The summed E-state index contributed by atoms with van der Waals surface area (Å²) in [6, 6.07) is 11.8. The molecule has 0 radical (unpaired) electrons. The lowest BCUT2D eigenvalue weighted by atomic mass is 10.0. The monoisotopic (exact) mass is 482 g/mol. The van der Waals surface area contributed by atoms with Crippen LogP contribution in [0, 0.1) is 5.82 Å². The number of rotatable bonds is 9. The van der Waals surface area contributed by atoms with Gasteiger partial charge in [-0.1, -0.05) is 46.6 Å². The molecule has 2 aromatic carbocycles. The van der Waals surface area contributed by atoms with Crippen molar-refractivity contribution in [3.05, 3.63) is 69.5 Å². The Hall–Kier alpha value is -1.70. The first-order chi connectivity index (χ1) is 15.1. The van der Waals surface area contributed by atoms with Crippen LogP contribution in [0.15, 0.2) is 47.6 Å². The maximum absolute atomic E-state index is 13.7. The van der Waals surface area contributed by atoms with Gasteiger partial charge in [-0.05, 0) is 50.6 Å². The van der Waals surface area contributed by atoms with Crippen LogP contribution >= 0.6 is 23.2 Å². The summed E-state index contributed by atoms with van der Waals surface area (Å²) in [6.07, 6.45) is -0.310. The van der Waals surface area contributed by atoms with E-state index in [0.717, 1.165) is 16.8 Å². The first-order valence-corrected chi connectivity index (χ1v) is 11.3. The lowest BCUT2D eigenvalue weighted by Gasteiger charge is -2.28. The molecule has 2 aromatic rings. The van der Waals surface area contributed by atoms with Crippen LogP contribution in [-0.4, -0.2) is 53.2 Å². The van der Waals surface area contributed by atoms with Gasteiger partial charge in [0.25, 0.3) is 0 Å². The Balaban J connectivity index is 1.64. The summed E-state index contributed by atoms with van der Waals surface area (Å²) in [5.41, 5.74) is 2.12. The zero-order chi connectivity index (χ0) is 23.3. The van der Waals surface area contributed by atoms with Gasteiger partial charge in [0, 0.05) is 31.6 Å². The highest BCUT2D eigenvalue weighted by atomic mass is 35.5. The average Bonchev–Trinajstić information content (AvgIpc) is 3.16. The molecular weight excluding hydrogens is 454 g/mol. The van der Waals surface area contributed by atoms with Gasteiger partial charge in [-0.2, -0.15) is 0 Å². The Morgan fingerprint density at radius 3 is 2.69 bits per heavy atom. The predicted octanol–water partition coefficient (Wildman–Crippen LogP) is 5.30. The van der Waals surface area contributed by atoms with Crippen LogP contribution in [0.25, 0.3) is 0 Å². The van der Waals surface area contributed by atoms with Crippen molar-refractivity contribution in [3.8, 4) is 0 Å². The molecule has 1 N–H and O–H groups in total. The number of halogens is 3. The average molecular weight is 483 g/mol. The molecule has 1 aliphatic heterocycles. The third-order valence-electron chi connectivity index (χ3n) is 4.92. The summed E-state index contributed by atoms with van der Waals surface area (Å²) < 4.78 is 19.4. The summed E-state index contributed by atoms with van der Waals surface area (Å²) in [6.45, 7) is 7.37. The molecule has 3 rings (SSSR count). The van der Waals surface area contributed by atoms with E-state index in [0.29, 0.717) is 36.1 Å². The predicted molar refractivity (Wildman–Crippen MR) is 126 cm³/mol. The lowest BCUT2D eigenvalue weighted by Crippen LogP contribution is -2.40. The van der Waals surface area contributed by atoms with E-state index in [1.54, 1.807) is 18.2 Å². The van der Waals surface area contributed by atoms with E-state index in [9.17, 15) is 9.50 Å². The largest absolute Gasteiger partial charge is 0.390 e. The third kappa shape index (κ3) is 7.71. The van der Waals surface area contributed by atoms with E-state index in [1.807, 2.05) is 37.8 Å². The highest BCUT2D eigenvalue weighted by Crippen LogP contribution is 2.26. The number of aliphatic hydroxyl groups excluding tert-OH is 1. The first-order valence-electron chi connectivity index (χ1n) is 10.6. The molecule has 174 valence electrons. The van der Waals surface area contributed by atoms with Gasteiger partial charge >= 0.3 is 0 Å². The molecule has 5 nitrogen and oxygen atoms in total. The van der Waals surface area contributed by atoms with Crippen molar-refractivity contribution >= 4 is 28.9 Å². The molecule has 1 heterocycles. The smallest absolute Gasteiger partial charge is 0.145 e. The molecule has 0 bridgehead atoms. The highest BCUT2D eigenvalue weighted by Gasteiger charge is 2.26. The van der Waals surface area contributed by atoms with Gasteiger partial charge in [0.05, 0.1) is 34.1 Å². The van der Waals surface area contributed by atoms with Gasteiger partial charge in [-0.25, -0.2) is 4.39 Å². The first kappa shape index (κ1) is 24.9. The Morgan fingerprint density at radius 2 is 2.00 bits per heavy atom. The number of benzene rings is 2. The summed E-state index contributed by atoms with van der Waals surface area (Å²) in [5, 5.41) is 15.7. The number of oxime groups is 1. The minimum Gasteiger partial charge on any atom is -0.390 e.